The summed E-state index contributed by atoms with van der Waals surface area (Å²) < 4.78 is 6.68. The van der Waals surface area contributed by atoms with Crippen LogP contribution in [0, 0.1) is 13.8 Å². The van der Waals surface area contributed by atoms with E-state index >= 15 is 0 Å². The third-order valence-corrected chi connectivity index (χ3v) is 3.76. The lowest BCUT2D eigenvalue weighted by molar-refractivity contribution is 0.393. The van der Waals surface area contributed by atoms with Crippen molar-refractivity contribution in [3.05, 3.63) is 69.8 Å². The SMILES string of the molecule is Cc1noc(C)c1-c1ccc(=O)n([C@@H](C)c2ccccc2)n1. The predicted octanol–water partition coefficient (Wildman–Crippen LogP) is 3.12. The summed E-state index contributed by atoms with van der Waals surface area (Å²) in [6.07, 6.45) is 0. The van der Waals surface area contributed by atoms with E-state index < -0.39 is 0 Å². The average molecular weight is 295 g/mol. The molecule has 3 aromatic rings. The molecule has 2 heterocycles. The van der Waals surface area contributed by atoms with Gasteiger partial charge in [-0.05, 0) is 32.4 Å². The molecule has 0 aliphatic rings. The molecule has 22 heavy (non-hydrogen) atoms. The highest BCUT2D eigenvalue weighted by Crippen LogP contribution is 2.25. The first-order valence-electron chi connectivity index (χ1n) is 7.16. The first kappa shape index (κ1) is 14.3. The zero-order chi connectivity index (χ0) is 15.7. The van der Waals surface area contributed by atoms with Gasteiger partial charge in [-0.15, -0.1) is 0 Å². The fourth-order valence-electron chi connectivity index (χ4n) is 2.56. The topological polar surface area (TPSA) is 60.9 Å². The molecule has 0 aliphatic heterocycles. The van der Waals surface area contributed by atoms with Gasteiger partial charge in [0.25, 0.3) is 5.56 Å². The summed E-state index contributed by atoms with van der Waals surface area (Å²) in [5.74, 6) is 0.697. The highest BCUT2D eigenvalue weighted by molar-refractivity contribution is 5.62. The van der Waals surface area contributed by atoms with Gasteiger partial charge >= 0.3 is 0 Å². The van der Waals surface area contributed by atoms with E-state index in [0.717, 1.165) is 16.8 Å². The summed E-state index contributed by atoms with van der Waals surface area (Å²) in [5, 5.41) is 8.46. The second-order valence-corrected chi connectivity index (χ2v) is 5.29. The third-order valence-electron chi connectivity index (χ3n) is 3.76. The number of benzene rings is 1. The van der Waals surface area contributed by atoms with Gasteiger partial charge in [-0.2, -0.15) is 5.10 Å². The monoisotopic (exact) mass is 295 g/mol. The van der Waals surface area contributed by atoms with Gasteiger partial charge < -0.3 is 4.52 Å². The number of aryl methyl sites for hydroxylation is 2. The molecule has 1 aromatic carbocycles. The van der Waals surface area contributed by atoms with Gasteiger partial charge in [-0.1, -0.05) is 35.5 Å². The summed E-state index contributed by atoms with van der Waals surface area (Å²) in [4.78, 5) is 12.2. The van der Waals surface area contributed by atoms with Gasteiger partial charge in [0.1, 0.15) is 5.76 Å². The van der Waals surface area contributed by atoms with Crippen molar-refractivity contribution in [2.75, 3.05) is 0 Å². The standard InChI is InChI=1S/C17H17N3O2/c1-11-17(13(3)22-19-11)15-9-10-16(21)20(18-15)12(2)14-7-5-4-6-8-14/h4-10,12H,1-3H3/t12-/m0/s1. The van der Waals surface area contributed by atoms with Crippen LogP contribution in [0.15, 0.2) is 51.8 Å². The van der Waals surface area contributed by atoms with E-state index in [9.17, 15) is 4.79 Å². The van der Waals surface area contributed by atoms with Gasteiger partial charge in [0.2, 0.25) is 0 Å². The molecular weight excluding hydrogens is 278 g/mol. The molecule has 0 unspecified atom stereocenters. The molecule has 0 spiro atoms. The Morgan fingerprint density at radius 2 is 1.82 bits per heavy atom. The fraction of sp³-hybridized carbons (Fsp3) is 0.235. The molecule has 5 heteroatoms. The molecule has 112 valence electrons. The molecule has 0 bridgehead atoms. The maximum atomic E-state index is 12.2. The third kappa shape index (κ3) is 2.45. The molecular formula is C17H17N3O2. The van der Waals surface area contributed by atoms with Crippen LogP contribution in [0.3, 0.4) is 0 Å². The molecule has 0 radical (unpaired) electrons. The zero-order valence-corrected chi connectivity index (χ0v) is 12.8. The zero-order valence-electron chi connectivity index (χ0n) is 12.8. The van der Waals surface area contributed by atoms with Crippen LogP contribution < -0.4 is 5.56 Å². The van der Waals surface area contributed by atoms with Crippen molar-refractivity contribution in [1.29, 1.82) is 0 Å². The van der Waals surface area contributed by atoms with Crippen LogP contribution >= 0.6 is 0 Å². The van der Waals surface area contributed by atoms with E-state index in [1.54, 1.807) is 6.07 Å². The average Bonchev–Trinajstić information content (AvgIpc) is 2.87. The van der Waals surface area contributed by atoms with Crippen molar-refractivity contribution < 1.29 is 4.52 Å². The van der Waals surface area contributed by atoms with Gasteiger partial charge in [0.05, 0.1) is 23.0 Å². The number of aromatic nitrogens is 3. The van der Waals surface area contributed by atoms with Crippen LogP contribution in [0.1, 0.15) is 30.0 Å². The van der Waals surface area contributed by atoms with Crippen molar-refractivity contribution in [3.63, 3.8) is 0 Å². The Kier molecular flexibility index (Phi) is 3.63. The largest absolute Gasteiger partial charge is 0.361 e. The van der Waals surface area contributed by atoms with Crippen LogP contribution in [0.4, 0.5) is 0 Å². The van der Waals surface area contributed by atoms with Crippen molar-refractivity contribution >= 4 is 0 Å². The maximum absolute atomic E-state index is 12.2. The van der Waals surface area contributed by atoms with Crippen molar-refractivity contribution in [2.24, 2.45) is 0 Å². The molecule has 2 aromatic heterocycles. The van der Waals surface area contributed by atoms with Crippen molar-refractivity contribution in [2.45, 2.75) is 26.8 Å². The molecule has 0 saturated heterocycles. The molecule has 0 aliphatic carbocycles. The van der Waals surface area contributed by atoms with Crippen LogP contribution in [-0.2, 0) is 0 Å². The van der Waals surface area contributed by atoms with Gasteiger partial charge in [-0.25, -0.2) is 4.68 Å². The van der Waals surface area contributed by atoms with E-state index in [1.165, 1.54) is 10.7 Å². The Labute approximate surface area is 128 Å². The first-order valence-corrected chi connectivity index (χ1v) is 7.16. The minimum Gasteiger partial charge on any atom is -0.361 e. The van der Waals surface area contributed by atoms with Crippen LogP contribution in [0.25, 0.3) is 11.3 Å². The second-order valence-electron chi connectivity index (χ2n) is 5.29. The van der Waals surface area contributed by atoms with E-state index in [2.05, 4.69) is 10.3 Å². The lowest BCUT2D eigenvalue weighted by atomic mass is 10.1. The summed E-state index contributed by atoms with van der Waals surface area (Å²) in [5.41, 5.74) is 3.20. The molecule has 5 nitrogen and oxygen atoms in total. The number of nitrogens with zero attached hydrogens (tertiary/aromatic N) is 3. The minimum atomic E-state index is -0.144. The Morgan fingerprint density at radius 1 is 1.09 bits per heavy atom. The quantitative estimate of drug-likeness (QED) is 0.745. The van der Waals surface area contributed by atoms with E-state index in [-0.39, 0.29) is 11.6 Å². The van der Waals surface area contributed by atoms with E-state index in [4.69, 9.17) is 4.52 Å². The number of hydrogen-bond donors (Lipinski definition) is 0. The smallest absolute Gasteiger partial charge is 0.267 e. The minimum absolute atomic E-state index is 0.133. The highest BCUT2D eigenvalue weighted by atomic mass is 16.5. The maximum Gasteiger partial charge on any atom is 0.267 e. The van der Waals surface area contributed by atoms with Gasteiger partial charge in [0, 0.05) is 6.07 Å². The van der Waals surface area contributed by atoms with E-state index in [1.807, 2.05) is 51.1 Å². The Morgan fingerprint density at radius 3 is 2.45 bits per heavy atom. The Hall–Kier alpha value is -2.69. The van der Waals surface area contributed by atoms with Crippen molar-refractivity contribution in [3.8, 4) is 11.3 Å². The predicted molar refractivity (Wildman–Crippen MR) is 83.7 cm³/mol. The van der Waals surface area contributed by atoms with Gasteiger partial charge in [0.15, 0.2) is 0 Å². The first-order chi connectivity index (χ1) is 10.6. The number of hydrogen-bond acceptors (Lipinski definition) is 4. The van der Waals surface area contributed by atoms with Crippen LogP contribution in [0.2, 0.25) is 0 Å². The molecule has 0 fully saturated rings. The number of rotatable bonds is 3. The van der Waals surface area contributed by atoms with E-state index in [0.29, 0.717) is 11.5 Å². The van der Waals surface area contributed by atoms with Crippen molar-refractivity contribution in [1.82, 2.24) is 14.9 Å². The summed E-state index contributed by atoms with van der Waals surface area (Å²) in [7, 11) is 0. The Balaban J connectivity index is 2.10. The van der Waals surface area contributed by atoms with Crippen LogP contribution in [0.5, 0.6) is 0 Å². The fourth-order valence-corrected chi connectivity index (χ4v) is 2.56. The van der Waals surface area contributed by atoms with Crippen LogP contribution in [-0.4, -0.2) is 14.9 Å². The Bertz CT molecular complexity index is 830. The lowest BCUT2D eigenvalue weighted by Gasteiger charge is -2.15. The highest BCUT2D eigenvalue weighted by Gasteiger charge is 2.16. The second kappa shape index (κ2) is 5.60. The lowest BCUT2D eigenvalue weighted by Crippen LogP contribution is -2.26. The van der Waals surface area contributed by atoms with Gasteiger partial charge in [-0.3, -0.25) is 4.79 Å². The molecule has 0 saturated carbocycles. The summed E-state index contributed by atoms with van der Waals surface area (Å²) in [6.45, 7) is 5.66. The normalized spacial score (nSPS) is 12.3. The molecule has 1 atom stereocenters. The summed E-state index contributed by atoms with van der Waals surface area (Å²) in [6, 6.07) is 12.9. The molecule has 0 N–H and O–H groups in total. The molecule has 0 amide bonds. The summed E-state index contributed by atoms with van der Waals surface area (Å²) >= 11 is 0. The molecule has 3 rings (SSSR count).